The highest BCUT2D eigenvalue weighted by Gasteiger charge is 2.27. The predicted molar refractivity (Wildman–Crippen MR) is 93.0 cm³/mol. The average molecular weight is 329 g/mol. The van der Waals surface area contributed by atoms with Crippen molar-refractivity contribution >= 4 is 5.69 Å². The molecule has 0 fully saturated rings. The first-order chi connectivity index (χ1) is 11.7. The second kappa shape index (κ2) is 9.15. The zero-order chi connectivity index (χ0) is 17.4. The molecule has 128 valence electrons. The van der Waals surface area contributed by atoms with Gasteiger partial charge in [0.25, 0.3) is 5.69 Å². The summed E-state index contributed by atoms with van der Waals surface area (Å²) < 4.78 is 11.6. The third kappa shape index (κ3) is 4.63. The summed E-state index contributed by atoms with van der Waals surface area (Å²) in [6.07, 6.45) is 0.0356. The lowest BCUT2D eigenvalue weighted by molar-refractivity contribution is -0.385. The van der Waals surface area contributed by atoms with Crippen LogP contribution in [-0.4, -0.2) is 24.4 Å². The van der Waals surface area contributed by atoms with E-state index in [0.717, 1.165) is 5.56 Å². The summed E-state index contributed by atoms with van der Waals surface area (Å²) in [5.41, 5.74) is 1.86. The number of benzene rings is 2. The quantitative estimate of drug-likeness (QED) is 0.390. The summed E-state index contributed by atoms with van der Waals surface area (Å²) in [6, 6.07) is 16.7. The van der Waals surface area contributed by atoms with Gasteiger partial charge in [0.15, 0.2) is 6.29 Å². The minimum absolute atomic E-state index is 0.118. The lowest BCUT2D eigenvalue weighted by Gasteiger charge is -2.27. The molecule has 5 nitrogen and oxygen atoms in total. The molecule has 0 radical (unpaired) electrons. The summed E-state index contributed by atoms with van der Waals surface area (Å²) >= 11 is 0. The minimum Gasteiger partial charge on any atom is -0.352 e. The van der Waals surface area contributed by atoms with Gasteiger partial charge in [0.2, 0.25) is 0 Å². The molecule has 0 aromatic heterocycles. The Morgan fingerprint density at radius 3 is 2.12 bits per heavy atom. The fourth-order valence-corrected chi connectivity index (χ4v) is 2.78. The molecule has 0 aliphatic rings. The molecule has 0 N–H and O–H groups in total. The van der Waals surface area contributed by atoms with Crippen LogP contribution < -0.4 is 0 Å². The van der Waals surface area contributed by atoms with Crippen LogP contribution in [0.2, 0.25) is 0 Å². The van der Waals surface area contributed by atoms with Gasteiger partial charge >= 0.3 is 0 Å². The lowest BCUT2D eigenvalue weighted by atomic mass is 9.90. The number of nitrogens with zero attached hydrogens (tertiary/aromatic N) is 1. The fraction of sp³-hybridized carbons (Fsp3) is 0.368. The van der Waals surface area contributed by atoms with Crippen molar-refractivity contribution in [2.75, 3.05) is 13.2 Å². The van der Waals surface area contributed by atoms with Gasteiger partial charge in [-0.3, -0.25) is 10.1 Å². The fourth-order valence-electron chi connectivity index (χ4n) is 2.78. The van der Waals surface area contributed by atoms with E-state index in [4.69, 9.17) is 9.47 Å². The maximum absolute atomic E-state index is 11.3. The monoisotopic (exact) mass is 329 g/mol. The largest absolute Gasteiger partial charge is 0.352 e. The molecule has 0 spiro atoms. The van der Waals surface area contributed by atoms with Gasteiger partial charge in [-0.15, -0.1) is 0 Å². The van der Waals surface area contributed by atoms with Crippen molar-refractivity contribution in [3.05, 3.63) is 75.8 Å². The molecule has 0 saturated carbocycles. The highest BCUT2D eigenvalue weighted by atomic mass is 16.7. The van der Waals surface area contributed by atoms with Gasteiger partial charge in [-0.1, -0.05) is 48.5 Å². The number of para-hydroxylation sites is 1. The normalized spacial score (nSPS) is 12.3. The van der Waals surface area contributed by atoms with Crippen LogP contribution in [0.5, 0.6) is 0 Å². The number of hydrogen-bond acceptors (Lipinski definition) is 4. The molecule has 1 atom stereocenters. The summed E-state index contributed by atoms with van der Waals surface area (Å²) in [7, 11) is 0. The van der Waals surface area contributed by atoms with E-state index >= 15 is 0 Å². The maximum atomic E-state index is 11.3. The predicted octanol–water partition coefficient (Wildman–Crippen LogP) is 4.32. The molecule has 2 aromatic rings. The topological polar surface area (TPSA) is 61.6 Å². The van der Waals surface area contributed by atoms with Crippen LogP contribution in [0.25, 0.3) is 0 Å². The van der Waals surface area contributed by atoms with E-state index in [9.17, 15) is 10.1 Å². The Morgan fingerprint density at radius 2 is 1.54 bits per heavy atom. The van der Waals surface area contributed by atoms with Crippen LogP contribution in [0.3, 0.4) is 0 Å². The molecular formula is C19H23NO4. The zero-order valence-corrected chi connectivity index (χ0v) is 14.1. The number of nitro groups is 1. The highest BCUT2D eigenvalue weighted by Crippen LogP contribution is 2.30. The smallest absolute Gasteiger partial charge is 0.272 e. The molecule has 0 bridgehead atoms. The Bertz CT molecular complexity index is 639. The van der Waals surface area contributed by atoms with Crippen molar-refractivity contribution in [2.45, 2.75) is 32.5 Å². The first-order valence-corrected chi connectivity index (χ1v) is 8.17. The molecule has 2 rings (SSSR count). The lowest BCUT2D eigenvalue weighted by Crippen LogP contribution is -2.27. The van der Waals surface area contributed by atoms with Gasteiger partial charge in [-0.2, -0.15) is 0 Å². The second-order valence-corrected chi connectivity index (χ2v) is 5.39. The Hall–Kier alpha value is -2.24. The Labute approximate surface area is 142 Å². The van der Waals surface area contributed by atoms with E-state index in [1.165, 1.54) is 6.07 Å². The van der Waals surface area contributed by atoms with Crippen molar-refractivity contribution in [3.63, 3.8) is 0 Å². The van der Waals surface area contributed by atoms with E-state index in [-0.39, 0.29) is 16.5 Å². The third-order valence-corrected chi connectivity index (χ3v) is 3.85. The third-order valence-electron chi connectivity index (χ3n) is 3.85. The van der Waals surface area contributed by atoms with Gasteiger partial charge in [0.05, 0.1) is 4.92 Å². The summed E-state index contributed by atoms with van der Waals surface area (Å²) in [5, 5.41) is 11.3. The van der Waals surface area contributed by atoms with Crippen molar-refractivity contribution in [1.29, 1.82) is 0 Å². The number of nitro benzene ring substituents is 1. The maximum Gasteiger partial charge on any atom is 0.272 e. The van der Waals surface area contributed by atoms with E-state index in [0.29, 0.717) is 25.2 Å². The molecular weight excluding hydrogens is 306 g/mol. The molecule has 0 heterocycles. The molecule has 0 unspecified atom stereocenters. The van der Waals surface area contributed by atoms with E-state index < -0.39 is 6.29 Å². The first kappa shape index (κ1) is 18.1. The number of rotatable bonds is 9. The van der Waals surface area contributed by atoms with Crippen molar-refractivity contribution in [3.8, 4) is 0 Å². The van der Waals surface area contributed by atoms with E-state index in [2.05, 4.69) is 0 Å². The zero-order valence-electron chi connectivity index (χ0n) is 14.1. The molecule has 0 amide bonds. The van der Waals surface area contributed by atoms with Crippen LogP contribution in [0.15, 0.2) is 54.6 Å². The number of ether oxygens (including phenoxy) is 2. The molecule has 0 aliphatic heterocycles. The standard InChI is InChI=1S/C19H23NO4/c1-3-23-19(24-4-2)17(15-10-6-5-7-11-15)14-16-12-8-9-13-18(16)20(21)22/h5-13,17,19H,3-4,14H2,1-2H3/t17-/m1/s1. The molecule has 0 aliphatic carbocycles. The Morgan fingerprint density at radius 1 is 0.958 bits per heavy atom. The van der Waals surface area contributed by atoms with Gasteiger partial charge in [-0.25, -0.2) is 0 Å². The van der Waals surface area contributed by atoms with Crippen LogP contribution in [-0.2, 0) is 15.9 Å². The first-order valence-electron chi connectivity index (χ1n) is 8.17. The summed E-state index contributed by atoms with van der Waals surface area (Å²) in [4.78, 5) is 11.0. The van der Waals surface area contributed by atoms with Gasteiger partial charge in [0, 0.05) is 30.8 Å². The molecule has 24 heavy (non-hydrogen) atoms. The van der Waals surface area contributed by atoms with Crippen LogP contribution in [0.1, 0.15) is 30.9 Å². The molecule has 5 heteroatoms. The Balaban J connectivity index is 2.38. The van der Waals surface area contributed by atoms with Gasteiger partial charge in [0.1, 0.15) is 0 Å². The van der Waals surface area contributed by atoms with Crippen LogP contribution in [0.4, 0.5) is 5.69 Å². The summed E-state index contributed by atoms with van der Waals surface area (Å²) in [5.74, 6) is -0.118. The highest BCUT2D eigenvalue weighted by molar-refractivity contribution is 5.41. The second-order valence-electron chi connectivity index (χ2n) is 5.39. The molecule has 2 aromatic carbocycles. The van der Waals surface area contributed by atoms with E-state index in [1.54, 1.807) is 12.1 Å². The van der Waals surface area contributed by atoms with Crippen molar-refractivity contribution < 1.29 is 14.4 Å². The Kier molecular flexibility index (Phi) is 6.90. The molecule has 0 saturated heterocycles. The van der Waals surface area contributed by atoms with Crippen LogP contribution in [0, 0.1) is 10.1 Å². The summed E-state index contributed by atoms with van der Waals surface area (Å²) in [6.45, 7) is 4.87. The van der Waals surface area contributed by atoms with Crippen molar-refractivity contribution in [2.24, 2.45) is 0 Å². The van der Waals surface area contributed by atoms with Crippen LogP contribution >= 0.6 is 0 Å². The minimum atomic E-state index is -0.442. The SMILES string of the molecule is CCOC(OCC)[C@H](Cc1ccccc1[N+](=O)[O-])c1ccccc1. The van der Waals surface area contributed by atoms with E-state index in [1.807, 2.05) is 50.2 Å². The van der Waals surface area contributed by atoms with Crippen molar-refractivity contribution in [1.82, 2.24) is 0 Å². The van der Waals surface area contributed by atoms with Gasteiger partial charge in [-0.05, 0) is 25.8 Å². The van der Waals surface area contributed by atoms with Gasteiger partial charge < -0.3 is 9.47 Å². The average Bonchev–Trinajstić information content (AvgIpc) is 2.60. The number of hydrogen-bond donors (Lipinski definition) is 0.